The van der Waals surface area contributed by atoms with Crippen molar-refractivity contribution in [2.24, 2.45) is 11.8 Å². The first-order valence-corrected chi connectivity index (χ1v) is 5.43. The first-order valence-electron chi connectivity index (χ1n) is 5.43. The highest BCUT2D eigenvalue weighted by Gasteiger charge is 2.60. The first-order chi connectivity index (χ1) is 8.43. The van der Waals surface area contributed by atoms with Crippen molar-refractivity contribution in [3.63, 3.8) is 0 Å². The molecule has 8 heteroatoms. The number of hydrogen-bond acceptors (Lipinski definition) is 2. The third-order valence-electron chi connectivity index (χ3n) is 2.98. The van der Waals surface area contributed by atoms with Gasteiger partial charge in [-0.15, -0.1) is 0 Å². The molecule has 1 aliphatic carbocycles. The van der Waals surface area contributed by atoms with Crippen LogP contribution in [-0.2, 0) is 9.53 Å². The van der Waals surface area contributed by atoms with Gasteiger partial charge in [0, 0.05) is 5.57 Å². The minimum Gasteiger partial charge on any atom is -0.459 e. The molecule has 19 heavy (non-hydrogen) atoms. The summed E-state index contributed by atoms with van der Waals surface area (Å²) < 4.78 is 79.9. The van der Waals surface area contributed by atoms with Gasteiger partial charge in [-0.25, -0.2) is 4.79 Å². The summed E-state index contributed by atoms with van der Waals surface area (Å²) in [6.07, 6.45) is -13.1. The van der Waals surface area contributed by atoms with Gasteiger partial charge >= 0.3 is 18.3 Å². The Morgan fingerprint density at radius 1 is 1.05 bits per heavy atom. The first kappa shape index (κ1) is 15.8. The number of carbonyl (C=O) groups excluding carboxylic acids is 1. The zero-order valence-corrected chi connectivity index (χ0v) is 9.94. The SMILES string of the molecule is C=C(C)C(=O)OC1CC(C(F)(F)F)C(C(F)(F)F)C1. The van der Waals surface area contributed by atoms with E-state index in [2.05, 4.69) is 11.3 Å². The summed E-state index contributed by atoms with van der Waals surface area (Å²) in [7, 11) is 0. The van der Waals surface area contributed by atoms with E-state index in [1.54, 1.807) is 0 Å². The lowest BCUT2D eigenvalue weighted by molar-refractivity contribution is -0.245. The second-order valence-corrected chi connectivity index (χ2v) is 4.58. The molecule has 0 N–H and O–H groups in total. The molecule has 0 amide bonds. The third-order valence-corrected chi connectivity index (χ3v) is 2.98. The Morgan fingerprint density at radius 2 is 1.42 bits per heavy atom. The van der Waals surface area contributed by atoms with Crippen LogP contribution in [-0.4, -0.2) is 24.4 Å². The monoisotopic (exact) mass is 290 g/mol. The highest BCUT2D eigenvalue weighted by molar-refractivity contribution is 5.87. The molecular weight excluding hydrogens is 278 g/mol. The zero-order chi connectivity index (χ0) is 15.0. The molecule has 0 bridgehead atoms. The molecule has 1 rings (SSSR count). The zero-order valence-electron chi connectivity index (χ0n) is 9.94. The topological polar surface area (TPSA) is 26.3 Å². The lowest BCUT2D eigenvalue weighted by Crippen LogP contribution is -2.35. The molecule has 0 aromatic heterocycles. The minimum atomic E-state index is -4.97. The molecule has 0 aromatic carbocycles. The summed E-state index contributed by atoms with van der Waals surface area (Å²) in [4.78, 5) is 11.1. The van der Waals surface area contributed by atoms with Crippen molar-refractivity contribution in [3.8, 4) is 0 Å². The van der Waals surface area contributed by atoms with Gasteiger partial charge in [0.15, 0.2) is 0 Å². The lowest BCUT2D eigenvalue weighted by Gasteiger charge is -2.23. The summed E-state index contributed by atoms with van der Waals surface area (Å²) >= 11 is 0. The van der Waals surface area contributed by atoms with Crippen LogP contribution < -0.4 is 0 Å². The van der Waals surface area contributed by atoms with Crippen LogP contribution in [0.4, 0.5) is 26.3 Å². The third kappa shape index (κ3) is 3.87. The molecular formula is C11H12F6O2. The highest BCUT2D eigenvalue weighted by Crippen LogP contribution is 2.50. The predicted octanol–water partition coefficient (Wildman–Crippen LogP) is 3.63. The number of alkyl halides is 6. The molecule has 0 aromatic rings. The number of rotatable bonds is 2. The van der Waals surface area contributed by atoms with Crippen molar-refractivity contribution in [2.45, 2.75) is 38.2 Å². The minimum absolute atomic E-state index is 0.0704. The quantitative estimate of drug-likeness (QED) is 0.441. The van der Waals surface area contributed by atoms with Gasteiger partial charge in [-0.05, 0) is 19.8 Å². The van der Waals surface area contributed by atoms with Crippen molar-refractivity contribution in [3.05, 3.63) is 12.2 Å². The van der Waals surface area contributed by atoms with Gasteiger partial charge in [0.2, 0.25) is 0 Å². The number of hydrogen-bond donors (Lipinski definition) is 0. The number of esters is 1. The largest absolute Gasteiger partial charge is 0.459 e. The molecule has 0 aliphatic heterocycles. The van der Waals surface area contributed by atoms with E-state index in [1.807, 2.05) is 0 Å². The molecule has 2 nitrogen and oxygen atoms in total. The average molecular weight is 290 g/mol. The predicted molar refractivity (Wildman–Crippen MR) is 53.0 cm³/mol. The number of halogens is 6. The Labute approximate surface area is 105 Å². The van der Waals surface area contributed by atoms with Crippen molar-refractivity contribution in [1.29, 1.82) is 0 Å². The smallest absolute Gasteiger partial charge is 0.392 e. The van der Waals surface area contributed by atoms with Gasteiger partial charge in [-0.2, -0.15) is 26.3 Å². The van der Waals surface area contributed by atoms with E-state index >= 15 is 0 Å². The normalized spacial score (nSPS) is 28.3. The molecule has 1 saturated carbocycles. The average Bonchev–Trinajstić information content (AvgIpc) is 2.60. The van der Waals surface area contributed by atoms with E-state index in [-0.39, 0.29) is 5.57 Å². The van der Waals surface area contributed by atoms with Crippen molar-refractivity contribution < 1.29 is 35.9 Å². The van der Waals surface area contributed by atoms with Gasteiger partial charge in [0.25, 0.3) is 0 Å². The Hall–Kier alpha value is -1.21. The van der Waals surface area contributed by atoms with Gasteiger partial charge < -0.3 is 4.74 Å². The second kappa shape index (κ2) is 5.05. The molecule has 0 saturated heterocycles. The van der Waals surface area contributed by atoms with Crippen LogP contribution in [0.5, 0.6) is 0 Å². The van der Waals surface area contributed by atoms with Crippen molar-refractivity contribution in [2.75, 3.05) is 0 Å². The van der Waals surface area contributed by atoms with Gasteiger partial charge in [0.05, 0.1) is 11.8 Å². The fourth-order valence-electron chi connectivity index (χ4n) is 2.06. The molecule has 1 aliphatic rings. The van der Waals surface area contributed by atoms with Gasteiger partial charge in [0.1, 0.15) is 6.10 Å². The van der Waals surface area contributed by atoms with E-state index in [9.17, 15) is 31.1 Å². The van der Waals surface area contributed by atoms with Crippen LogP contribution in [0.2, 0.25) is 0 Å². The molecule has 110 valence electrons. The standard InChI is InChI=1S/C11H12F6O2/c1-5(2)9(18)19-6-3-7(10(12,13)14)8(4-6)11(15,16)17/h6-8H,1,3-4H2,2H3. The maximum Gasteiger partial charge on any atom is 0.392 e. The second-order valence-electron chi connectivity index (χ2n) is 4.58. The number of ether oxygens (including phenoxy) is 1. The molecule has 1 fully saturated rings. The van der Waals surface area contributed by atoms with Gasteiger partial charge in [-0.1, -0.05) is 6.58 Å². The highest BCUT2D eigenvalue weighted by atomic mass is 19.4. The maximum atomic E-state index is 12.6. The van der Waals surface area contributed by atoms with Crippen LogP contribution in [0.15, 0.2) is 12.2 Å². The molecule has 0 radical (unpaired) electrons. The van der Waals surface area contributed by atoms with Crippen LogP contribution in [0, 0.1) is 11.8 Å². The maximum absolute atomic E-state index is 12.6. The lowest BCUT2D eigenvalue weighted by atomic mass is 9.95. The van der Waals surface area contributed by atoms with E-state index < -0.39 is 49.1 Å². The summed E-state index contributed by atoms with van der Waals surface area (Å²) in [6.45, 7) is 4.48. The van der Waals surface area contributed by atoms with Crippen LogP contribution in [0.25, 0.3) is 0 Å². The van der Waals surface area contributed by atoms with Gasteiger partial charge in [-0.3, -0.25) is 0 Å². The Morgan fingerprint density at radius 3 is 1.68 bits per heavy atom. The van der Waals surface area contributed by atoms with E-state index in [0.29, 0.717) is 0 Å². The molecule has 0 heterocycles. The molecule has 2 unspecified atom stereocenters. The van der Waals surface area contributed by atoms with E-state index in [0.717, 1.165) is 0 Å². The Kier molecular flexibility index (Phi) is 4.21. The summed E-state index contributed by atoms with van der Waals surface area (Å²) in [5, 5.41) is 0. The Balaban J connectivity index is 2.83. The summed E-state index contributed by atoms with van der Waals surface area (Å²) in [5.41, 5.74) is -0.0704. The van der Waals surface area contributed by atoms with E-state index in [4.69, 9.17) is 0 Å². The summed E-state index contributed by atoms with van der Waals surface area (Å²) in [6, 6.07) is 0. The van der Waals surface area contributed by atoms with Crippen LogP contribution in [0.3, 0.4) is 0 Å². The summed E-state index contributed by atoms with van der Waals surface area (Å²) in [5.74, 6) is -6.04. The van der Waals surface area contributed by atoms with Crippen LogP contribution >= 0.6 is 0 Å². The molecule has 0 spiro atoms. The fourth-order valence-corrected chi connectivity index (χ4v) is 2.06. The Bertz CT molecular complexity index is 348. The fraction of sp³-hybridized carbons (Fsp3) is 0.727. The van der Waals surface area contributed by atoms with Crippen LogP contribution in [0.1, 0.15) is 19.8 Å². The molecule has 2 atom stereocenters. The van der Waals surface area contributed by atoms with Crippen molar-refractivity contribution in [1.82, 2.24) is 0 Å². The number of carbonyl (C=O) groups is 1. The van der Waals surface area contributed by atoms with Crippen molar-refractivity contribution >= 4 is 5.97 Å². The van der Waals surface area contributed by atoms with E-state index in [1.165, 1.54) is 6.92 Å².